The van der Waals surface area contributed by atoms with E-state index in [1.807, 2.05) is 34.6 Å². The lowest BCUT2D eigenvalue weighted by atomic mass is 9.93. The number of nitrogens with one attached hydrogen (secondary N) is 1. The number of carbonyl (C=O) groups is 1. The van der Waals surface area contributed by atoms with Gasteiger partial charge in [-0.3, -0.25) is 0 Å². The number of alkyl carbamates (subject to hydrolysis) is 1. The van der Waals surface area contributed by atoms with E-state index >= 15 is 0 Å². The van der Waals surface area contributed by atoms with E-state index < -0.39 is 17.8 Å². The Hall–Kier alpha value is -1.03. The summed E-state index contributed by atoms with van der Waals surface area (Å²) in [4.78, 5) is 11.7. The van der Waals surface area contributed by atoms with Crippen LogP contribution in [-0.4, -0.2) is 28.9 Å². The van der Waals surface area contributed by atoms with Crippen molar-refractivity contribution in [3.8, 4) is 0 Å². The summed E-state index contributed by atoms with van der Waals surface area (Å²) in [6.07, 6.45) is 1.84. The van der Waals surface area contributed by atoms with Crippen molar-refractivity contribution in [2.24, 2.45) is 5.92 Å². The number of hydrogen-bond acceptors (Lipinski definition) is 3. The molecule has 0 aromatic carbocycles. The highest BCUT2D eigenvalue weighted by Gasteiger charge is 2.27. The standard InChI is InChI=1S/C14H27NO3/c1-7-9-11(16)12(10(3)8-2)15-13(17)18-14(4,5)6/h7,10-12,16H,1,8-9H2,2-6H3,(H,15,17)/t10-,11-,12-/m0/s1. The number of carbonyl (C=O) groups excluding carboxylic acids is 1. The second-order valence-corrected chi connectivity index (χ2v) is 5.65. The van der Waals surface area contributed by atoms with Gasteiger partial charge >= 0.3 is 6.09 Å². The third kappa shape index (κ3) is 6.64. The molecule has 0 spiro atoms. The molecule has 0 unspecified atom stereocenters. The van der Waals surface area contributed by atoms with Crippen LogP contribution in [-0.2, 0) is 4.74 Å². The first-order valence-corrected chi connectivity index (χ1v) is 6.49. The van der Waals surface area contributed by atoms with Crippen molar-refractivity contribution in [2.75, 3.05) is 0 Å². The van der Waals surface area contributed by atoms with Gasteiger partial charge < -0.3 is 15.2 Å². The lowest BCUT2D eigenvalue weighted by Gasteiger charge is -2.30. The van der Waals surface area contributed by atoms with Gasteiger partial charge in [-0.25, -0.2) is 4.79 Å². The zero-order valence-corrected chi connectivity index (χ0v) is 12.2. The summed E-state index contributed by atoms with van der Waals surface area (Å²) in [6.45, 7) is 13.1. The highest BCUT2D eigenvalue weighted by atomic mass is 16.6. The topological polar surface area (TPSA) is 58.6 Å². The maximum Gasteiger partial charge on any atom is 0.407 e. The van der Waals surface area contributed by atoms with E-state index in [1.165, 1.54) is 0 Å². The Morgan fingerprint density at radius 2 is 2.06 bits per heavy atom. The van der Waals surface area contributed by atoms with Crippen molar-refractivity contribution in [1.29, 1.82) is 0 Å². The van der Waals surface area contributed by atoms with Gasteiger partial charge in [0.1, 0.15) is 5.60 Å². The summed E-state index contributed by atoms with van der Waals surface area (Å²) in [6, 6.07) is -0.317. The molecule has 18 heavy (non-hydrogen) atoms. The van der Waals surface area contributed by atoms with Crippen molar-refractivity contribution in [1.82, 2.24) is 5.32 Å². The van der Waals surface area contributed by atoms with Gasteiger partial charge in [-0.2, -0.15) is 0 Å². The van der Waals surface area contributed by atoms with Crippen molar-refractivity contribution in [2.45, 2.75) is 65.2 Å². The van der Waals surface area contributed by atoms with E-state index in [4.69, 9.17) is 4.74 Å². The van der Waals surface area contributed by atoms with E-state index in [1.54, 1.807) is 6.08 Å². The Labute approximate surface area is 110 Å². The van der Waals surface area contributed by atoms with Crippen LogP contribution in [0.2, 0.25) is 0 Å². The Bertz CT molecular complexity index is 271. The summed E-state index contributed by atoms with van der Waals surface area (Å²) in [5.41, 5.74) is -0.534. The molecule has 0 aliphatic rings. The quantitative estimate of drug-likeness (QED) is 0.719. The maximum absolute atomic E-state index is 11.7. The van der Waals surface area contributed by atoms with E-state index in [2.05, 4.69) is 11.9 Å². The highest BCUT2D eigenvalue weighted by Crippen LogP contribution is 2.15. The minimum atomic E-state index is -0.634. The Morgan fingerprint density at radius 3 is 2.44 bits per heavy atom. The molecule has 0 heterocycles. The third-order valence-corrected chi connectivity index (χ3v) is 2.76. The van der Waals surface area contributed by atoms with Crippen LogP contribution < -0.4 is 5.32 Å². The number of ether oxygens (including phenoxy) is 1. The molecular weight excluding hydrogens is 230 g/mol. The van der Waals surface area contributed by atoms with Gasteiger partial charge in [-0.15, -0.1) is 6.58 Å². The van der Waals surface area contributed by atoms with Crippen molar-refractivity contribution < 1.29 is 14.6 Å². The van der Waals surface area contributed by atoms with E-state index in [0.29, 0.717) is 6.42 Å². The molecule has 3 atom stereocenters. The molecule has 0 aromatic rings. The van der Waals surface area contributed by atoms with Crippen LogP contribution in [0.15, 0.2) is 12.7 Å². The zero-order valence-electron chi connectivity index (χ0n) is 12.2. The van der Waals surface area contributed by atoms with Gasteiger partial charge in [0.15, 0.2) is 0 Å². The molecule has 0 rings (SSSR count). The smallest absolute Gasteiger partial charge is 0.407 e. The predicted molar refractivity (Wildman–Crippen MR) is 73.4 cm³/mol. The monoisotopic (exact) mass is 257 g/mol. The molecule has 1 amide bonds. The number of rotatable bonds is 6. The van der Waals surface area contributed by atoms with Gasteiger partial charge in [-0.05, 0) is 33.1 Å². The lowest BCUT2D eigenvalue weighted by molar-refractivity contribution is 0.0368. The fourth-order valence-electron chi connectivity index (χ4n) is 1.63. The average Bonchev–Trinajstić information content (AvgIpc) is 2.22. The highest BCUT2D eigenvalue weighted by molar-refractivity contribution is 5.68. The fraction of sp³-hybridized carbons (Fsp3) is 0.786. The molecular formula is C14H27NO3. The maximum atomic E-state index is 11.7. The number of amides is 1. The lowest BCUT2D eigenvalue weighted by Crippen LogP contribution is -2.48. The Kier molecular flexibility index (Phi) is 6.99. The van der Waals surface area contributed by atoms with Crippen molar-refractivity contribution in [3.05, 3.63) is 12.7 Å². The first kappa shape index (κ1) is 17.0. The summed E-state index contributed by atoms with van der Waals surface area (Å²) in [5, 5.41) is 12.8. The minimum absolute atomic E-state index is 0.174. The molecule has 2 N–H and O–H groups in total. The van der Waals surface area contributed by atoms with Gasteiger partial charge in [-0.1, -0.05) is 26.3 Å². The van der Waals surface area contributed by atoms with E-state index in [0.717, 1.165) is 6.42 Å². The molecule has 106 valence electrons. The van der Waals surface area contributed by atoms with Crippen LogP contribution in [0, 0.1) is 5.92 Å². The normalized spacial score (nSPS) is 16.6. The zero-order chi connectivity index (χ0) is 14.3. The minimum Gasteiger partial charge on any atom is -0.444 e. The van der Waals surface area contributed by atoms with Crippen LogP contribution in [0.1, 0.15) is 47.5 Å². The second kappa shape index (κ2) is 7.41. The van der Waals surface area contributed by atoms with Gasteiger partial charge in [0.2, 0.25) is 0 Å². The molecule has 0 aliphatic carbocycles. The van der Waals surface area contributed by atoms with Crippen LogP contribution in [0.3, 0.4) is 0 Å². The van der Waals surface area contributed by atoms with Gasteiger partial charge in [0, 0.05) is 0 Å². The first-order valence-electron chi connectivity index (χ1n) is 6.49. The Morgan fingerprint density at radius 1 is 1.50 bits per heavy atom. The number of aliphatic hydroxyl groups is 1. The molecule has 4 nitrogen and oxygen atoms in total. The largest absolute Gasteiger partial charge is 0.444 e. The second-order valence-electron chi connectivity index (χ2n) is 5.65. The third-order valence-electron chi connectivity index (χ3n) is 2.76. The molecule has 0 radical (unpaired) electrons. The van der Waals surface area contributed by atoms with Gasteiger partial charge in [0.05, 0.1) is 12.1 Å². The number of aliphatic hydroxyl groups excluding tert-OH is 1. The molecule has 4 heteroatoms. The van der Waals surface area contributed by atoms with E-state index in [-0.39, 0.29) is 12.0 Å². The van der Waals surface area contributed by atoms with Crippen LogP contribution >= 0.6 is 0 Å². The molecule has 0 fully saturated rings. The van der Waals surface area contributed by atoms with Gasteiger partial charge in [0.25, 0.3) is 0 Å². The van der Waals surface area contributed by atoms with Crippen LogP contribution in [0.5, 0.6) is 0 Å². The van der Waals surface area contributed by atoms with Crippen molar-refractivity contribution >= 4 is 6.09 Å². The van der Waals surface area contributed by atoms with Crippen LogP contribution in [0.25, 0.3) is 0 Å². The molecule has 0 saturated heterocycles. The molecule has 0 aliphatic heterocycles. The molecule has 0 aromatic heterocycles. The van der Waals surface area contributed by atoms with E-state index in [9.17, 15) is 9.90 Å². The fourth-order valence-corrected chi connectivity index (χ4v) is 1.63. The SMILES string of the molecule is C=CC[C@H](O)[C@@H](NC(=O)OC(C)(C)C)[C@@H](C)CC. The summed E-state index contributed by atoms with van der Waals surface area (Å²) < 4.78 is 5.20. The van der Waals surface area contributed by atoms with Crippen LogP contribution in [0.4, 0.5) is 4.79 Å². The summed E-state index contributed by atoms with van der Waals surface area (Å²) in [7, 11) is 0. The molecule has 0 bridgehead atoms. The van der Waals surface area contributed by atoms with Crippen molar-refractivity contribution in [3.63, 3.8) is 0 Å². The number of hydrogen-bond donors (Lipinski definition) is 2. The predicted octanol–water partition coefficient (Wildman–Crippen LogP) is 2.86. The molecule has 0 saturated carbocycles. The average molecular weight is 257 g/mol. The summed E-state index contributed by atoms with van der Waals surface area (Å²) in [5.74, 6) is 0.174. The Balaban J connectivity index is 4.59. The first-order chi connectivity index (χ1) is 8.21. The summed E-state index contributed by atoms with van der Waals surface area (Å²) >= 11 is 0.